The smallest absolute Gasteiger partial charge is 0.256 e. The van der Waals surface area contributed by atoms with Crippen LogP contribution in [0.5, 0.6) is 0 Å². The van der Waals surface area contributed by atoms with E-state index in [2.05, 4.69) is 10.6 Å². The number of halogens is 1. The summed E-state index contributed by atoms with van der Waals surface area (Å²) in [6.07, 6.45) is 1.70. The van der Waals surface area contributed by atoms with E-state index in [-0.39, 0.29) is 29.2 Å². The number of amides is 3. The number of nitrogens with one attached hydrogen (secondary N) is 2. The molecule has 0 spiro atoms. The van der Waals surface area contributed by atoms with Gasteiger partial charge in [-0.1, -0.05) is 30.3 Å². The number of hydrogen-bond donors (Lipinski definition) is 2. The lowest BCUT2D eigenvalue weighted by Crippen LogP contribution is -2.54. The molecule has 2 N–H and O–H groups in total. The van der Waals surface area contributed by atoms with Crippen LogP contribution in [0.4, 0.5) is 4.39 Å². The fraction of sp³-hybridized carbons (Fsp3) is 0.423. The van der Waals surface area contributed by atoms with Gasteiger partial charge in [-0.3, -0.25) is 14.4 Å². The van der Waals surface area contributed by atoms with Crippen molar-refractivity contribution >= 4 is 17.7 Å². The lowest BCUT2D eigenvalue weighted by Gasteiger charge is -2.36. The number of hydrogen-bond acceptors (Lipinski definition) is 4. The number of aryl methyl sites for hydroxylation is 1. The highest BCUT2D eigenvalue weighted by Crippen LogP contribution is 2.24. The van der Waals surface area contributed by atoms with Crippen molar-refractivity contribution in [3.63, 3.8) is 0 Å². The topological polar surface area (TPSA) is 87.7 Å². The summed E-state index contributed by atoms with van der Waals surface area (Å²) in [5, 5.41) is 5.81. The molecule has 2 aromatic carbocycles. The fourth-order valence-corrected chi connectivity index (χ4v) is 4.22. The van der Waals surface area contributed by atoms with Gasteiger partial charge in [-0.05, 0) is 55.9 Å². The highest BCUT2D eigenvalue weighted by atomic mass is 19.1. The molecular formula is C26H32FN3O4. The van der Waals surface area contributed by atoms with Crippen LogP contribution in [0.2, 0.25) is 0 Å². The quantitative estimate of drug-likeness (QED) is 0.553. The number of nitrogens with zero attached hydrogens (tertiary/aromatic N) is 1. The largest absolute Gasteiger partial charge is 0.385 e. The number of carbonyl (C=O) groups is 3. The average Bonchev–Trinajstić information content (AvgIpc) is 2.85. The lowest BCUT2D eigenvalue weighted by molar-refractivity contribution is -0.124. The van der Waals surface area contributed by atoms with Crippen molar-refractivity contribution < 1.29 is 23.5 Å². The van der Waals surface area contributed by atoms with Gasteiger partial charge in [0, 0.05) is 38.9 Å². The number of methoxy groups -OCH3 is 1. The Labute approximate surface area is 199 Å². The van der Waals surface area contributed by atoms with Crippen molar-refractivity contribution in [2.75, 3.05) is 33.4 Å². The molecule has 1 saturated heterocycles. The molecule has 0 unspecified atom stereocenters. The maximum absolute atomic E-state index is 14.1. The zero-order chi connectivity index (χ0) is 24.5. The van der Waals surface area contributed by atoms with Gasteiger partial charge in [0.05, 0.1) is 5.56 Å². The molecule has 2 aromatic rings. The summed E-state index contributed by atoms with van der Waals surface area (Å²) in [4.78, 5) is 40.4. The number of ether oxygens (including phenoxy) is 1. The van der Waals surface area contributed by atoms with Gasteiger partial charge in [-0.25, -0.2) is 4.39 Å². The first-order valence-electron chi connectivity index (χ1n) is 11.6. The third kappa shape index (κ3) is 6.41. The first kappa shape index (κ1) is 25.4. The van der Waals surface area contributed by atoms with Crippen molar-refractivity contribution in [1.82, 2.24) is 15.5 Å². The fourth-order valence-electron chi connectivity index (χ4n) is 4.22. The standard InChI is InChI=1S/C26H32FN3O4/c1-18-8-3-4-9-20(18)24(31)29-23(25(32)28-14-7-17-34-2)19-12-15-30(16-13-19)26(33)21-10-5-6-11-22(21)27/h3-6,8-11,19,23H,7,12-17H2,1-2H3,(H,28,32)(H,29,31)/t23-/m0/s1. The molecule has 7 nitrogen and oxygen atoms in total. The Balaban J connectivity index is 1.68. The van der Waals surface area contributed by atoms with Crippen molar-refractivity contribution in [1.29, 1.82) is 0 Å². The van der Waals surface area contributed by atoms with Gasteiger partial charge < -0.3 is 20.3 Å². The Morgan fingerprint density at radius 3 is 2.35 bits per heavy atom. The van der Waals surface area contributed by atoms with Crippen molar-refractivity contribution in [3.05, 3.63) is 71.0 Å². The SMILES string of the molecule is COCCCNC(=O)[C@@H](NC(=O)c1ccccc1C)C1CCN(C(=O)c2ccccc2F)CC1. The first-order chi connectivity index (χ1) is 16.4. The van der Waals surface area contributed by atoms with Crippen LogP contribution in [0.15, 0.2) is 48.5 Å². The van der Waals surface area contributed by atoms with E-state index in [0.29, 0.717) is 51.1 Å². The van der Waals surface area contributed by atoms with Crippen LogP contribution in [0.3, 0.4) is 0 Å². The molecule has 1 heterocycles. The molecule has 3 rings (SSSR count). The van der Waals surface area contributed by atoms with Gasteiger partial charge in [0.1, 0.15) is 11.9 Å². The maximum atomic E-state index is 14.1. The minimum atomic E-state index is -0.736. The molecule has 1 aliphatic rings. The minimum absolute atomic E-state index is 0.0428. The number of rotatable bonds is 9. The van der Waals surface area contributed by atoms with E-state index in [1.165, 1.54) is 12.1 Å². The molecule has 0 aliphatic carbocycles. The van der Waals surface area contributed by atoms with Gasteiger partial charge >= 0.3 is 0 Å². The molecule has 3 amide bonds. The second kappa shape index (κ2) is 12.3. The Morgan fingerprint density at radius 1 is 1.06 bits per heavy atom. The van der Waals surface area contributed by atoms with Gasteiger partial charge in [0.2, 0.25) is 5.91 Å². The van der Waals surface area contributed by atoms with Crippen LogP contribution in [0.25, 0.3) is 0 Å². The molecule has 1 fully saturated rings. The van der Waals surface area contributed by atoms with Crippen LogP contribution in [-0.4, -0.2) is 62.0 Å². The van der Waals surface area contributed by atoms with E-state index in [4.69, 9.17) is 4.74 Å². The first-order valence-corrected chi connectivity index (χ1v) is 11.6. The van der Waals surface area contributed by atoms with Crippen molar-refractivity contribution in [2.45, 2.75) is 32.2 Å². The normalized spacial score (nSPS) is 15.0. The highest BCUT2D eigenvalue weighted by Gasteiger charge is 2.34. The highest BCUT2D eigenvalue weighted by molar-refractivity contribution is 5.98. The maximum Gasteiger partial charge on any atom is 0.256 e. The van der Waals surface area contributed by atoms with E-state index in [0.717, 1.165) is 5.56 Å². The Hall–Kier alpha value is -3.26. The molecular weight excluding hydrogens is 437 g/mol. The molecule has 1 aliphatic heterocycles. The van der Waals surface area contributed by atoms with Gasteiger partial charge in [-0.2, -0.15) is 0 Å². The van der Waals surface area contributed by atoms with Gasteiger partial charge in [0.25, 0.3) is 11.8 Å². The number of carbonyl (C=O) groups excluding carboxylic acids is 3. The van der Waals surface area contributed by atoms with E-state index in [1.807, 2.05) is 19.1 Å². The molecule has 0 bridgehead atoms. The van der Waals surface area contributed by atoms with Crippen LogP contribution in [0, 0.1) is 18.7 Å². The average molecular weight is 470 g/mol. The minimum Gasteiger partial charge on any atom is -0.385 e. The third-order valence-electron chi connectivity index (χ3n) is 6.19. The molecule has 34 heavy (non-hydrogen) atoms. The second-order valence-electron chi connectivity index (χ2n) is 8.51. The monoisotopic (exact) mass is 469 g/mol. The summed E-state index contributed by atoms with van der Waals surface area (Å²) in [6.45, 7) is 3.57. The summed E-state index contributed by atoms with van der Waals surface area (Å²) in [7, 11) is 1.60. The zero-order valence-corrected chi connectivity index (χ0v) is 19.7. The number of likely N-dealkylation sites (tertiary alicyclic amines) is 1. The molecule has 0 radical (unpaired) electrons. The van der Waals surface area contributed by atoms with E-state index in [9.17, 15) is 18.8 Å². The predicted molar refractivity (Wildman–Crippen MR) is 127 cm³/mol. The van der Waals surface area contributed by atoms with Crippen LogP contribution in [-0.2, 0) is 9.53 Å². The lowest BCUT2D eigenvalue weighted by atomic mass is 9.88. The van der Waals surface area contributed by atoms with E-state index < -0.39 is 11.9 Å². The summed E-state index contributed by atoms with van der Waals surface area (Å²) in [6, 6.07) is 12.4. The third-order valence-corrected chi connectivity index (χ3v) is 6.19. The van der Waals surface area contributed by atoms with Crippen molar-refractivity contribution in [3.8, 4) is 0 Å². The van der Waals surface area contributed by atoms with Crippen molar-refractivity contribution in [2.24, 2.45) is 5.92 Å². The summed E-state index contributed by atoms with van der Waals surface area (Å²) < 4.78 is 19.1. The predicted octanol–water partition coefficient (Wildman–Crippen LogP) is 2.94. The van der Waals surface area contributed by atoms with Crippen LogP contribution < -0.4 is 10.6 Å². The van der Waals surface area contributed by atoms with E-state index >= 15 is 0 Å². The molecule has 0 aromatic heterocycles. The Kier molecular flexibility index (Phi) is 9.16. The molecule has 0 saturated carbocycles. The molecule has 182 valence electrons. The Morgan fingerprint density at radius 2 is 1.71 bits per heavy atom. The summed E-state index contributed by atoms with van der Waals surface area (Å²) in [5.74, 6) is -1.62. The second-order valence-corrected chi connectivity index (χ2v) is 8.51. The zero-order valence-electron chi connectivity index (χ0n) is 19.7. The van der Waals surface area contributed by atoms with Gasteiger partial charge in [-0.15, -0.1) is 0 Å². The number of benzene rings is 2. The molecule has 8 heteroatoms. The van der Waals surface area contributed by atoms with Crippen LogP contribution >= 0.6 is 0 Å². The summed E-state index contributed by atoms with van der Waals surface area (Å²) in [5.41, 5.74) is 1.39. The number of piperidine rings is 1. The molecule has 1 atom stereocenters. The van der Waals surface area contributed by atoms with Gasteiger partial charge in [0.15, 0.2) is 0 Å². The summed E-state index contributed by atoms with van der Waals surface area (Å²) >= 11 is 0. The Bertz CT molecular complexity index is 1010. The van der Waals surface area contributed by atoms with E-state index in [1.54, 1.807) is 36.3 Å². The van der Waals surface area contributed by atoms with Crippen LogP contribution in [0.1, 0.15) is 45.5 Å².